The third-order valence-corrected chi connectivity index (χ3v) is 7.18. The van der Waals surface area contributed by atoms with Gasteiger partial charge in [0.05, 0.1) is 4.92 Å². The Morgan fingerprint density at radius 2 is 1.79 bits per heavy atom. The number of nitro groups is 1. The third kappa shape index (κ3) is 4.28. The molecule has 2 amide bonds. The molecule has 4 aliphatic carbocycles. The zero-order valence-electron chi connectivity index (χ0n) is 16.9. The summed E-state index contributed by atoms with van der Waals surface area (Å²) in [4.78, 5) is 35.1. The molecule has 4 bridgehead atoms. The summed E-state index contributed by atoms with van der Waals surface area (Å²) < 4.78 is 0. The van der Waals surface area contributed by atoms with Gasteiger partial charge in [-0.1, -0.05) is 6.07 Å². The fourth-order valence-corrected chi connectivity index (χ4v) is 6.31. The van der Waals surface area contributed by atoms with E-state index in [1.807, 2.05) is 0 Å². The zero-order valence-corrected chi connectivity index (χ0v) is 16.9. The standard InChI is InChI=1S/C22H29N3O4/c1-14(24-21(27)18-3-2-4-19(10-18)25(28)29)20(26)23-6-5-22-11-15-7-16(12-22)9-17(8-15)13-22/h2-4,10,14-17H,5-9,11-13H2,1H3,(H,23,26)(H,24,27). The average molecular weight is 399 g/mol. The van der Waals surface area contributed by atoms with E-state index in [1.165, 1.54) is 62.8 Å². The zero-order chi connectivity index (χ0) is 20.6. The fourth-order valence-electron chi connectivity index (χ4n) is 6.31. The summed E-state index contributed by atoms with van der Waals surface area (Å²) in [7, 11) is 0. The second-order valence-electron chi connectivity index (χ2n) is 9.46. The maximum atomic E-state index is 12.4. The highest BCUT2D eigenvalue weighted by Crippen LogP contribution is 2.61. The topological polar surface area (TPSA) is 101 Å². The van der Waals surface area contributed by atoms with Crippen LogP contribution in [0.3, 0.4) is 0 Å². The Labute approximate surface area is 170 Å². The highest BCUT2D eigenvalue weighted by Gasteiger charge is 2.50. The highest BCUT2D eigenvalue weighted by molar-refractivity contribution is 5.97. The Hall–Kier alpha value is -2.44. The molecule has 5 rings (SSSR count). The largest absolute Gasteiger partial charge is 0.354 e. The van der Waals surface area contributed by atoms with Crippen molar-refractivity contribution in [2.24, 2.45) is 23.2 Å². The van der Waals surface area contributed by atoms with Crippen molar-refractivity contribution < 1.29 is 14.5 Å². The van der Waals surface area contributed by atoms with Crippen molar-refractivity contribution >= 4 is 17.5 Å². The molecule has 156 valence electrons. The van der Waals surface area contributed by atoms with Gasteiger partial charge in [0.15, 0.2) is 0 Å². The van der Waals surface area contributed by atoms with Crippen molar-refractivity contribution in [3.05, 3.63) is 39.9 Å². The second kappa shape index (κ2) is 7.76. The molecule has 4 saturated carbocycles. The van der Waals surface area contributed by atoms with Gasteiger partial charge in [0.2, 0.25) is 5.91 Å². The molecule has 0 saturated heterocycles. The van der Waals surface area contributed by atoms with Crippen LogP contribution in [0.25, 0.3) is 0 Å². The van der Waals surface area contributed by atoms with Crippen molar-refractivity contribution in [2.75, 3.05) is 6.54 Å². The number of benzene rings is 1. The van der Waals surface area contributed by atoms with E-state index in [2.05, 4.69) is 10.6 Å². The lowest BCUT2D eigenvalue weighted by Crippen LogP contribution is -2.49. The van der Waals surface area contributed by atoms with Gasteiger partial charge in [-0.15, -0.1) is 0 Å². The first kappa shape index (κ1) is 19.9. The molecule has 0 aliphatic heterocycles. The van der Waals surface area contributed by atoms with E-state index >= 15 is 0 Å². The van der Waals surface area contributed by atoms with Gasteiger partial charge < -0.3 is 10.6 Å². The van der Waals surface area contributed by atoms with E-state index in [0.717, 1.165) is 24.2 Å². The van der Waals surface area contributed by atoms with Crippen LogP contribution in [0.1, 0.15) is 62.2 Å². The van der Waals surface area contributed by atoms with Crippen LogP contribution < -0.4 is 10.6 Å². The van der Waals surface area contributed by atoms with Crippen LogP contribution in [-0.4, -0.2) is 29.3 Å². The minimum absolute atomic E-state index is 0.148. The first-order chi connectivity index (χ1) is 13.8. The van der Waals surface area contributed by atoms with Gasteiger partial charge in [-0.25, -0.2) is 0 Å². The molecule has 1 aromatic carbocycles. The van der Waals surface area contributed by atoms with E-state index in [1.54, 1.807) is 6.92 Å². The number of hydrogen-bond donors (Lipinski definition) is 2. The minimum atomic E-state index is -0.696. The molecule has 1 unspecified atom stereocenters. The predicted molar refractivity (Wildman–Crippen MR) is 108 cm³/mol. The lowest BCUT2D eigenvalue weighted by atomic mass is 9.49. The number of nitrogens with one attached hydrogen (secondary N) is 2. The summed E-state index contributed by atoms with van der Waals surface area (Å²) in [5.74, 6) is 1.98. The molecule has 4 aliphatic rings. The molecule has 1 aromatic rings. The van der Waals surface area contributed by atoms with E-state index in [0.29, 0.717) is 12.0 Å². The van der Waals surface area contributed by atoms with Crippen LogP contribution in [0, 0.1) is 33.3 Å². The summed E-state index contributed by atoms with van der Waals surface area (Å²) in [6, 6.07) is 4.81. The number of amides is 2. The van der Waals surface area contributed by atoms with E-state index in [4.69, 9.17) is 0 Å². The molecular weight excluding hydrogens is 370 g/mol. The van der Waals surface area contributed by atoms with Crippen LogP contribution in [0.5, 0.6) is 0 Å². The van der Waals surface area contributed by atoms with Gasteiger partial charge in [0.1, 0.15) is 6.04 Å². The maximum Gasteiger partial charge on any atom is 0.270 e. The average Bonchev–Trinajstić information content (AvgIpc) is 2.66. The molecule has 29 heavy (non-hydrogen) atoms. The summed E-state index contributed by atoms with van der Waals surface area (Å²) in [5.41, 5.74) is 0.440. The third-order valence-electron chi connectivity index (χ3n) is 7.18. The van der Waals surface area contributed by atoms with Gasteiger partial charge in [0.25, 0.3) is 11.6 Å². The van der Waals surface area contributed by atoms with E-state index < -0.39 is 16.9 Å². The van der Waals surface area contributed by atoms with Crippen LogP contribution >= 0.6 is 0 Å². The maximum absolute atomic E-state index is 12.4. The van der Waals surface area contributed by atoms with Gasteiger partial charge in [-0.05, 0) is 81.1 Å². The molecule has 7 nitrogen and oxygen atoms in total. The first-order valence-electron chi connectivity index (χ1n) is 10.7. The molecule has 0 heterocycles. The molecule has 2 N–H and O–H groups in total. The van der Waals surface area contributed by atoms with Crippen molar-refractivity contribution in [3.8, 4) is 0 Å². The molecule has 0 spiro atoms. The number of hydrogen-bond acceptors (Lipinski definition) is 4. The summed E-state index contributed by atoms with van der Waals surface area (Å²) in [6.45, 7) is 2.28. The Balaban J connectivity index is 1.26. The lowest BCUT2D eigenvalue weighted by molar-refractivity contribution is -0.384. The van der Waals surface area contributed by atoms with Crippen molar-refractivity contribution in [2.45, 2.75) is 57.9 Å². The first-order valence-corrected chi connectivity index (χ1v) is 10.7. The van der Waals surface area contributed by atoms with Gasteiger partial charge in [-0.2, -0.15) is 0 Å². The van der Waals surface area contributed by atoms with Crippen molar-refractivity contribution in [1.29, 1.82) is 0 Å². The quantitative estimate of drug-likeness (QED) is 0.542. The SMILES string of the molecule is CC(NC(=O)c1cccc([N+](=O)[O-])c1)C(=O)NCCC12CC3CC(CC(C3)C1)C2. The predicted octanol–water partition coefficient (Wildman–Crippen LogP) is 3.44. The van der Waals surface area contributed by atoms with Crippen LogP contribution in [0.4, 0.5) is 5.69 Å². The highest BCUT2D eigenvalue weighted by atomic mass is 16.6. The van der Waals surface area contributed by atoms with E-state index in [9.17, 15) is 19.7 Å². The Morgan fingerprint density at radius 1 is 1.17 bits per heavy atom. The number of carbonyl (C=O) groups excluding carboxylic acids is 2. The summed E-state index contributed by atoms with van der Waals surface area (Å²) in [5, 5.41) is 16.5. The Bertz CT molecular complexity index is 787. The Kier molecular flexibility index (Phi) is 5.32. The number of nitrogens with zero attached hydrogens (tertiary/aromatic N) is 1. The second-order valence-corrected chi connectivity index (χ2v) is 9.46. The number of non-ortho nitro benzene ring substituents is 1. The number of nitro benzene ring substituents is 1. The monoisotopic (exact) mass is 399 g/mol. The molecule has 0 aromatic heterocycles. The number of rotatable bonds is 7. The molecule has 7 heteroatoms. The van der Waals surface area contributed by atoms with Crippen molar-refractivity contribution in [3.63, 3.8) is 0 Å². The van der Waals surface area contributed by atoms with Gasteiger partial charge in [-0.3, -0.25) is 19.7 Å². The molecule has 0 radical (unpaired) electrons. The molecule has 4 fully saturated rings. The minimum Gasteiger partial charge on any atom is -0.354 e. The summed E-state index contributed by atoms with van der Waals surface area (Å²) in [6.07, 6.45) is 9.19. The van der Waals surface area contributed by atoms with Gasteiger partial charge in [0, 0.05) is 24.2 Å². The van der Waals surface area contributed by atoms with Gasteiger partial charge >= 0.3 is 0 Å². The van der Waals surface area contributed by atoms with Crippen LogP contribution in [-0.2, 0) is 4.79 Å². The fraction of sp³-hybridized carbons (Fsp3) is 0.636. The lowest BCUT2D eigenvalue weighted by Gasteiger charge is -2.57. The molecular formula is C22H29N3O4. The van der Waals surface area contributed by atoms with Crippen LogP contribution in [0.2, 0.25) is 0 Å². The summed E-state index contributed by atoms with van der Waals surface area (Å²) >= 11 is 0. The smallest absolute Gasteiger partial charge is 0.270 e. The van der Waals surface area contributed by atoms with Crippen molar-refractivity contribution in [1.82, 2.24) is 10.6 Å². The van der Waals surface area contributed by atoms with E-state index in [-0.39, 0.29) is 17.2 Å². The molecule has 1 atom stereocenters. The normalized spacial score (nSPS) is 30.6. The van der Waals surface area contributed by atoms with Crippen LogP contribution in [0.15, 0.2) is 24.3 Å². The number of carbonyl (C=O) groups is 2. The Morgan fingerprint density at radius 3 is 2.38 bits per heavy atom.